The van der Waals surface area contributed by atoms with Crippen molar-refractivity contribution in [3.63, 3.8) is 0 Å². The number of hydrogen-bond donors (Lipinski definition) is 4. The van der Waals surface area contributed by atoms with Crippen LogP contribution in [0.1, 0.15) is 5.56 Å². The van der Waals surface area contributed by atoms with Crippen LogP contribution in [0.3, 0.4) is 0 Å². The summed E-state index contributed by atoms with van der Waals surface area (Å²) in [7, 11) is 0. The van der Waals surface area contributed by atoms with Crippen LogP contribution in [0.5, 0.6) is 0 Å². The van der Waals surface area contributed by atoms with E-state index in [1.54, 1.807) is 0 Å². The summed E-state index contributed by atoms with van der Waals surface area (Å²) in [5.74, 6) is 10.8. The first kappa shape index (κ1) is 10.7. The number of nitrogens with one attached hydrogen (secondary N) is 2. The van der Waals surface area contributed by atoms with Gasteiger partial charge >= 0.3 is 0 Å². The summed E-state index contributed by atoms with van der Waals surface area (Å²) in [6.07, 6.45) is 0. The first-order chi connectivity index (χ1) is 8.22. The Bertz CT molecular complexity index is 700. The lowest BCUT2D eigenvalue weighted by atomic mass is 10.2. The number of nitrogens with zero attached hydrogens (tertiary/aromatic N) is 2. The number of aromatic nitrogens is 2. The van der Waals surface area contributed by atoms with E-state index in [0.29, 0.717) is 10.3 Å². The number of rotatable bonds is 2. The fraction of sp³-hybridized carbons (Fsp3) is 0.111. The van der Waals surface area contributed by atoms with Crippen molar-refractivity contribution >= 4 is 53.4 Å². The average molecular weight is 266 g/mol. The Hall–Kier alpha value is -1.48. The smallest absolute Gasteiger partial charge is 0.198 e. The minimum atomic E-state index is 0.686. The summed E-state index contributed by atoms with van der Waals surface area (Å²) < 4.78 is 2.13. The zero-order chi connectivity index (χ0) is 12.0. The SMILES string of the molecule is Cc1cc2sc(NN)nc2c2sc(NN)nc12. The quantitative estimate of drug-likeness (QED) is 0.416. The topological polar surface area (TPSA) is 102 Å². The highest BCUT2D eigenvalue weighted by Gasteiger charge is 2.13. The maximum Gasteiger partial charge on any atom is 0.198 e. The molecular formula is C9H10N6S2. The largest absolute Gasteiger partial charge is 0.300 e. The minimum absolute atomic E-state index is 0.686. The molecule has 6 nitrogen and oxygen atoms in total. The van der Waals surface area contributed by atoms with E-state index in [2.05, 4.69) is 26.9 Å². The van der Waals surface area contributed by atoms with Gasteiger partial charge in [0, 0.05) is 0 Å². The highest BCUT2D eigenvalue weighted by Crippen LogP contribution is 2.37. The zero-order valence-electron chi connectivity index (χ0n) is 8.94. The van der Waals surface area contributed by atoms with Gasteiger partial charge in [-0.25, -0.2) is 21.7 Å². The highest BCUT2D eigenvalue weighted by molar-refractivity contribution is 7.25. The average Bonchev–Trinajstić information content (AvgIpc) is 2.91. The van der Waals surface area contributed by atoms with E-state index in [-0.39, 0.29) is 0 Å². The molecule has 0 aliphatic heterocycles. The molecule has 8 heteroatoms. The summed E-state index contributed by atoms with van der Waals surface area (Å²) in [4.78, 5) is 8.84. The number of nitrogens with two attached hydrogens (primary N) is 2. The predicted octanol–water partition coefficient (Wildman–Crippen LogP) is 1.79. The van der Waals surface area contributed by atoms with Crippen molar-refractivity contribution in [3.8, 4) is 0 Å². The Labute approximate surface area is 105 Å². The van der Waals surface area contributed by atoms with E-state index in [1.807, 2.05) is 6.92 Å². The van der Waals surface area contributed by atoms with Gasteiger partial charge in [0.2, 0.25) is 0 Å². The summed E-state index contributed by atoms with van der Waals surface area (Å²) in [5.41, 5.74) is 8.11. The third kappa shape index (κ3) is 1.53. The van der Waals surface area contributed by atoms with Crippen LogP contribution in [0.25, 0.3) is 20.4 Å². The molecule has 6 N–H and O–H groups in total. The second-order valence-corrected chi connectivity index (χ2v) is 5.57. The molecule has 2 heterocycles. The van der Waals surface area contributed by atoms with Crippen LogP contribution in [-0.4, -0.2) is 9.97 Å². The number of benzene rings is 1. The maximum absolute atomic E-state index is 5.39. The molecule has 0 fully saturated rings. The summed E-state index contributed by atoms with van der Waals surface area (Å²) in [6, 6.07) is 2.07. The van der Waals surface area contributed by atoms with Gasteiger partial charge in [0.25, 0.3) is 0 Å². The zero-order valence-corrected chi connectivity index (χ0v) is 10.6. The third-order valence-corrected chi connectivity index (χ3v) is 4.39. The molecule has 17 heavy (non-hydrogen) atoms. The second-order valence-electron chi connectivity index (χ2n) is 3.54. The third-order valence-electron chi connectivity index (χ3n) is 2.46. The van der Waals surface area contributed by atoms with E-state index in [9.17, 15) is 0 Å². The molecule has 0 atom stereocenters. The lowest BCUT2D eigenvalue weighted by molar-refractivity contribution is 1.30. The molecule has 0 unspecified atom stereocenters. The first-order valence-corrected chi connectivity index (χ1v) is 6.50. The van der Waals surface area contributed by atoms with E-state index in [0.717, 1.165) is 26.0 Å². The molecule has 0 amide bonds. The second kappa shape index (κ2) is 3.77. The van der Waals surface area contributed by atoms with Crippen molar-refractivity contribution in [2.75, 3.05) is 10.9 Å². The molecule has 88 valence electrons. The van der Waals surface area contributed by atoms with Crippen molar-refractivity contribution in [1.29, 1.82) is 0 Å². The molecule has 0 bridgehead atoms. The number of anilines is 2. The molecule has 0 aliphatic carbocycles. The Balaban J connectivity index is 2.43. The van der Waals surface area contributed by atoms with E-state index in [1.165, 1.54) is 22.7 Å². The van der Waals surface area contributed by atoms with Gasteiger partial charge in [0.15, 0.2) is 10.3 Å². The Morgan fingerprint density at radius 1 is 1.06 bits per heavy atom. The van der Waals surface area contributed by atoms with Gasteiger partial charge in [-0.2, -0.15) is 0 Å². The number of aryl methyl sites for hydroxylation is 1. The number of thiazole rings is 2. The highest BCUT2D eigenvalue weighted by atomic mass is 32.1. The molecule has 0 radical (unpaired) electrons. The standard InChI is InChI=1S/C9H10N6S2/c1-3-2-4-6(13-8(14-10)16-4)7-5(3)12-9(15-11)17-7/h2H,10-11H2,1H3,(H,12,15)(H,13,14). The van der Waals surface area contributed by atoms with Crippen LogP contribution in [-0.2, 0) is 0 Å². The molecule has 0 saturated carbocycles. The molecule has 0 spiro atoms. The van der Waals surface area contributed by atoms with Gasteiger partial charge < -0.3 is 0 Å². The van der Waals surface area contributed by atoms with Crippen LogP contribution in [0, 0.1) is 6.92 Å². The molecule has 2 aromatic heterocycles. The van der Waals surface area contributed by atoms with Crippen LogP contribution in [0.4, 0.5) is 10.3 Å². The number of fused-ring (bicyclic) bond motifs is 3. The van der Waals surface area contributed by atoms with Gasteiger partial charge in [0.1, 0.15) is 5.52 Å². The van der Waals surface area contributed by atoms with E-state index < -0.39 is 0 Å². The van der Waals surface area contributed by atoms with Crippen molar-refractivity contribution in [2.45, 2.75) is 6.92 Å². The van der Waals surface area contributed by atoms with Crippen molar-refractivity contribution in [1.82, 2.24) is 9.97 Å². The predicted molar refractivity (Wildman–Crippen MR) is 73.2 cm³/mol. The van der Waals surface area contributed by atoms with E-state index in [4.69, 9.17) is 11.7 Å². The van der Waals surface area contributed by atoms with Gasteiger partial charge in [-0.3, -0.25) is 10.9 Å². The van der Waals surface area contributed by atoms with Crippen LogP contribution in [0.2, 0.25) is 0 Å². The van der Waals surface area contributed by atoms with Crippen LogP contribution >= 0.6 is 22.7 Å². The monoisotopic (exact) mass is 266 g/mol. The summed E-state index contributed by atoms with van der Waals surface area (Å²) >= 11 is 3.02. The molecule has 1 aromatic carbocycles. The summed E-state index contributed by atoms with van der Waals surface area (Å²) in [5, 5.41) is 1.38. The van der Waals surface area contributed by atoms with E-state index >= 15 is 0 Å². The number of hydrazine groups is 2. The van der Waals surface area contributed by atoms with Crippen LogP contribution < -0.4 is 22.5 Å². The fourth-order valence-electron chi connectivity index (χ4n) is 1.73. The lowest BCUT2D eigenvalue weighted by Gasteiger charge is -1.94. The number of hydrogen-bond acceptors (Lipinski definition) is 8. The molecule has 3 rings (SSSR count). The van der Waals surface area contributed by atoms with Crippen LogP contribution in [0.15, 0.2) is 6.07 Å². The van der Waals surface area contributed by atoms with Crippen molar-refractivity contribution < 1.29 is 0 Å². The van der Waals surface area contributed by atoms with Gasteiger partial charge in [0.05, 0.1) is 14.9 Å². The molecular weight excluding hydrogens is 256 g/mol. The maximum atomic E-state index is 5.39. The molecule has 3 aromatic rings. The normalized spacial score (nSPS) is 11.2. The van der Waals surface area contributed by atoms with Gasteiger partial charge in [-0.1, -0.05) is 22.7 Å². The van der Waals surface area contributed by atoms with Crippen molar-refractivity contribution in [2.24, 2.45) is 11.7 Å². The first-order valence-electron chi connectivity index (χ1n) is 4.87. The van der Waals surface area contributed by atoms with Crippen molar-refractivity contribution in [3.05, 3.63) is 11.6 Å². The number of nitrogen functional groups attached to an aromatic ring is 2. The molecule has 0 saturated heterocycles. The fourth-order valence-corrected chi connectivity index (χ4v) is 3.62. The lowest BCUT2D eigenvalue weighted by Crippen LogP contribution is -2.05. The summed E-state index contributed by atoms with van der Waals surface area (Å²) in [6.45, 7) is 2.02. The van der Waals surface area contributed by atoms with Gasteiger partial charge in [-0.15, -0.1) is 0 Å². The Morgan fingerprint density at radius 3 is 2.41 bits per heavy atom. The Morgan fingerprint density at radius 2 is 1.71 bits per heavy atom. The minimum Gasteiger partial charge on any atom is -0.300 e. The van der Waals surface area contributed by atoms with Gasteiger partial charge in [-0.05, 0) is 18.6 Å². The Kier molecular flexibility index (Phi) is 2.37. The molecule has 0 aliphatic rings.